The van der Waals surface area contributed by atoms with E-state index in [1.807, 2.05) is 13.8 Å². The molecule has 3 heterocycles. The Hall–Kier alpha value is -1.40. The molecular weight excluding hydrogens is 456 g/mol. The molecule has 196 valence electrons. The zero-order valence-electron chi connectivity index (χ0n) is 22.4. The van der Waals surface area contributed by atoms with E-state index in [1.54, 1.807) is 0 Å². The largest absolute Gasteiger partial charge is 0.461 e. The summed E-state index contributed by atoms with van der Waals surface area (Å²) in [6.07, 6.45) is 3.99. The Balaban J connectivity index is 1.37. The number of ether oxygens (including phenoxy) is 3. The molecule has 0 unspecified atom stereocenters. The molecule has 3 aliphatic heterocycles. The van der Waals surface area contributed by atoms with Gasteiger partial charge in [-0.05, 0) is 83.1 Å². The van der Waals surface area contributed by atoms with Gasteiger partial charge in [0.05, 0.1) is 28.6 Å². The molecule has 6 nitrogen and oxygen atoms in total. The molecule has 4 saturated carbocycles. The quantitative estimate of drug-likeness (QED) is 0.403. The molecule has 0 radical (unpaired) electrons. The van der Waals surface area contributed by atoms with Crippen molar-refractivity contribution in [3.8, 4) is 0 Å². The van der Waals surface area contributed by atoms with Crippen LogP contribution in [0, 0.1) is 58.7 Å². The number of carbonyl (C=O) groups is 2. The summed E-state index contributed by atoms with van der Waals surface area (Å²) in [4.78, 5) is 25.8. The fourth-order valence-electron chi connectivity index (χ4n) is 12.4. The number of carbonyl (C=O) groups excluding carboxylic acids is 2. The van der Waals surface area contributed by atoms with Gasteiger partial charge in [-0.25, -0.2) is 0 Å². The summed E-state index contributed by atoms with van der Waals surface area (Å²) in [6, 6.07) is 0. The lowest BCUT2D eigenvalue weighted by Gasteiger charge is -2.53. The van der Waals surface area contributed by atoms with Gasteiger partial charge < -0.3 is 19.3 Å². The van der Waals surface area contributed by atoms with Crippen molar-refractivity contribution in [3.05, 3.63) is 11.1 Å². The third-order valence-electron chi connectivity index (χ3n) is 13.3. The molecule has 0 amide bonds. The highest BCUT2D eigenvalue weighted by Crippen LogP contribution is 2.85. The van der Waals surface area contributed by atoms with Gasteiger partial charge in [0.15, 0.2) is 0 Å². The maximum atomic E-state index is 13.0. The first-order chi connectivity index (χ1) is 16.9. The van der Waals surface area contributed by atoms with Crippen LogP contribution in [-0.4, -0.2) is 46.1 Å². The first-order valence-electron chi connectivity index (χ1n) is 14.4. The standard InChI is InChI=1S/C30H40O6/c1-12-15-7-9-27(4,33)21-18(22(15)34-25(12)31)14(3)20-19(21)17-11-29(6)30(20)23(17)28(5,36-29)10-8-16-13(2)26(32)35-24(16)30/h12-13,15-17,19-24,33H,7-11H2,1-6H3/t12-,13-,15-,16-,17+,19-,20-,21-,22-,23-,24-,27+,28-,29-,30-/m0/s1. The summed E-state index contributed by atoms with van der Waals surface area (Å²) in [5.74, 6) is 1.10. The van der Waals surface area contributed by atoms with Gasteiger partial charge in [-0.1, -0.05) is 19.4 Å². The second kappa shape index (κ2) is 6.25. The Labute approximate surface area is 213 Å². The lowest BCUT2D eigenvalue weighted by molar-refractivity contribution is -0.207. The van der Waals surface area contributed by atoms with Gasteiger partial charge in [0.25, 0.3) is 0 Å². The van der Waals surface area contributed by atoms with E-state index in [1.165, 1.54) is 11.1 Å². The smallest absolute Gasteiger partial charge is 0.309 e. The average Bonchev–Trinajstić information content (AvgIpc) is 3.51. The molecular formula is C30H40O6. The summed E-state index contributed by atoms with van der Waals surface area (Å²) in [6.45, 7) is 12.9. The summed E-state index contributed by atoms with van der Waals surface area (Å²) >= 11 is 0. The zero-order chi connectivity index (χ0) is 25.3. The van der Waals surface area contributed by atoms with Gasteiger partial charge in [-0.15, -0.1) is 0 Å². The van der Waals surface area contributed by atoms with Crippen LogP contribution < -0.4 is 0 Å². The molecule has 36 heavy (non-hydrogen) atoms. The van der Waals surface area contributed by atoms with Crippen LogP contribution in [0.15, 0.2) is 11.1 Å². The van der Waals surface area contributed by atoms with Crippen LogP contribution in [0.25, 0.3) is 0 Å². The fraction of sp³-hybridized carbons (Fsp3) is 0.867. The van der Waals surface area contributed by atoms with E-state index in [0.29, 0.717) is 18.3 Å². The van der Waals surface area contributed by atoms with Crippen molar-refractivity contribution in [1.82, 2.24) is 0 Å². The number of allylic oxidation sites excluding steroid dienone is 1. The molecule has 5 bridgehead atoms. The first-order valence-corrected chi connectivity index (χ1v) is 14.4. The van der Waals surface area contributed by atoms with Crippen LogP contribution in [0.1, 0.15) is 73.6 Å². The molecule has 0 spiro atoms. The van der Waals surface area contributed by atoms with E-state index in [0.717, 1.165) is 25.7 Å². The van der Waals surface area contributed by atoms with E-state index in [4.69, 9.17) is 14.2 Å². The zero-order valence-corrected chi connectivity index (χ0v) is 22.4. The monoisotopic (exact) mass is 496 g/mol. The second-order valence-corrected chi connectivity index (χ2v) is 14.6. The third kappa shape index (κ3) is 2.10. The molecule has 0 aromatic carbocycles. The van der Waals surface area contributed by atoms with Crippen molar-refractivity contribution in [2.45, 2.75) is 103 Å². The van der Waals surface area contributed by atoms with E-state index >= 15 is 0 Å². The van der Waals surface area contributed by atoms with Crippen LogP contribution in [0.5, 0.6) is 0 Å². The van der Waals surface area contributed by atoms with Crippen molar-refractivity contribution in [3.63, 3.8) is 0 Å². The summed E-state index contributed by atoms with van der Waals surface area (Å²) < 4.78 is 19.6. The second-order valence-electron chi connectivity index (χ2n) is 14.6. The summed E-state index contributed by atoms with van der Waals surface area (Å²) in [5, 5.41) is 12.1. The summed E-state index contributed by atoms with van der Waals surface area (Å²) in [5.41, 5.74) is 0.769. The number of hydrogen-bond donors (Lipinski definition) is 1. The van der Waals surface area contributed by atoms with Gasteiger partial charge in [-0.3, -0.25) is 9.59 Å². The van der Waals surface area contributed by atoms with Gasteiger partial charge in [-0.2, -0.15) is 0 Å². The Morgan fingerprint density at radius 1 is 0.889 bits per heavy atom. The van der Waals surface area contributed by atoms with E-state index in [9.17, 15) is 14.7 Å². The maximum absolute atomic E-state index is 13.0. The Morgan fingerprint density at radius 2 is 1.56 bits per heavy atom. The minimum atomic E-state index is -0.848. The van der Waals surface area contributed by atoms with Crippen molar-refractivity contribution < 1.29 is 28.9 Å². The van der Waals surface area contributed by atoms with Gasteiger partial charge in [0.2, 0.25) is 0 Å². The topological polar surface area (TPSA) is 82.1 Å². The van der Waals surface area contributed by atoms with Crippen molar-refractivity contribution in [1.29, 1.82) is 0 Å². The molecule has 8 aliphatic rings. The van der Waals surface area contributed by atoms with Gasteiger partial charge in [0, 0.05) is 29.1 Å². The lowest BCUT2D eigenvalue weighted by atomic mass is 9.55. The highest BCUT2D eigenvalue weighted by Gasteiger charge is 2.89. The third-order valence-corrected chi connectivity index (χ3v) is 13.3. The Bertz CT molecular complexity index is 1140. The molecule has 8 rings (SSSR count). The molecule has 1 N–H and O–H groups in total. The number of rotatable bonds is 0. The Morgan fingerprint density at radius 3 is 2.31 bits per heavy atom. The molecule has 15 atom stereocenters. The summed E-state index contributed by atoms with van der Waals surface area (Å²) in [7, 11) is 0. The first kappa shape index (κ1) is 22.6. The van der Waals surface area contributed by atoms with E-state index in [-0.39, 0.29) is 82.2 Å². The highest BCUT2D eigenvalue weighted by atomic mass is 16.6. The van der Waals surface area contributed by atoms with Gasteiger partial charge in [0.1, 0.15) is 12.2 Å². The number of fused-ring (bicyclic) bond motifs is 7. The molecule has 5 aliphatic carbocycles. The van der Waals surface area contributed by atoms with Crippen LogP contribution in [0.3, 0.4) is 0 Å². The molecule has 3 saturated heterocycles. The average molecular weight is 497 g/mol. The molecule has 7 fully saturated rings. The van der Waals surface area contributed by atoms with Crippen molar-refractivity contribution in [2.75, 3.05) is 0 Å². The van der Waals surface area contributed by atoms with Crippen molar-refractivity contribution >= 4 is 11.9 Å². The highest BCUT2D eigenvalue weighted by molar-refractivity contribution is 5.76. The van der Waals surface area contributed by atoms with Crippen molar-refractivity contribution in [2.24, 2.45) is 58.7 Å². The maximum Gasteiger partial charge on any atom is 0.309 e. The predicted octanol–water partition coefficient (Wildman–Crippen LogP) is 4.04. The Kier molecular flexibility index (Phi) is 3.92. The predicted molar refractivity (Wildman–Crippen MR) is 129 cm³/mol. The minimum Gasteiger partial charge on any atom is -0.461 e. The van der Waals surface area contributed by atoms with E-state index < -0.39 is 5.60 Å². The molecule has 0 aromatic rings. The van der Waals surface area contributed by atoms with Gasteiger partial charge >= 0.3 is 11.9 Å². The minimum absolute atomic E-state index is 0.0238. The number of esters is 2. The van der Waals surface area contributed by atoms with Crippen LogP contribution in [0.2, 0.25) is 0 Å². The fourth-order valence-corrected chi connectivity index (χ4v) is 12.4. The molecule has 0 aromatic heterocycles. The van der Waals surface area contributed by atoms with E-state index in [2.05, 4.69) is 27.7 Å². The molecule has 6 heteroatoms. The normalized spacial score (nSPS) is 63.9. The van der Waals surface area contributed by atoms with Crippen LogP contribution in [0.4, 0.5) is 0 Å². The number of aliphatic hydroxyl groups is 1. The van der Waals surface area contributed by atoms with Crippen LogP contribution in [-0.2, 0) is 23.8 Å². The lowest BCUT2D eigenvalue weighted by Crippen LogP contribution is -2.58. The van der Waals surface area contributed by atoms with Crippen LogP contribution >= 0.6 is 0 Å². The number of hydrogen-bond acceptors (Lipinski definition) is 6. The SMILES string of the molecule is CC1=C2[C@H]3OC(=O)[C@@H](C)[C@@H]3CC[C@@](C)(O)[C@@H]2[C@H]2[C@H]3C[C@]4(C)O[C@@]5(C)CC[C@H]6[C@H](C)C(=O)O[C@@H]6[C@@]4([C@@H]35)[C@@H]12.